The molecule has 0 saturated carbocycles. The number of amides is 1. The third-order valence-electron chi connectivity index (χ3n) is 3.05. The van der Waals surface area contributed by atoms with Crippen LogP contribution in [0.4, 0.5) is 4.79 Å². The molecule has 0 bridgehead atoms. The molecule has 0 aliphatic rings. The number of benzene rings is 1. The van der Waals surface area contributed by atoms with Crippen molar-refractivity contribution in [2.75, 3.05) is 27.4 Å². The van der Waals surface area contributed by atoms with E-state index in [1.54, 1.807) is 40.0 Å². The van der Waals surface area contributed by atoms with Crippen molar-refractivity contribution in [3.8, 4) is 0 Å². The van der Waals surface area contributed by atoms with Gasteiger partial charge in [-0.25, -0.2) is 9.59 Å². The van der Waals surface area contributed by atoms with Crippen molar-refractivity contribution in [2.45, 2.75) is 32.9 Å². The van der Waals surface area contributed by atoms with Crippen molar-refractivity contribution in [1.29, 1.82) is 0 Å². The van der Waals surface area contributed by atoms with Crippen LogP contribution in [0.5, 0.6) is 0 Å². The molecule has 7 heteroatoms. The summed E-state index contributed by atoms with van der Waals surface area (Å²) in [7, 11) is 2.87. The third kappa shape index (κ3) is 6.37. The fraction of sp³-hybridized carbons (Fsp3) is 0.529. The minimum atomic E-state index is -0.596. The van der Waals surface area contributed by atoms with E-state index >= 15 is 0 Å². The van der Waals surface area contributed by atoms with Crippen LogP contribution in [0, 0.1) is 0 Å². The van der Waals surface area contributed by atoms with Crippen LogP contribution >= 0.6 is 11.6 Å². The number of esters is 1. The Labute approximate surface area is 147 Å². The van der Waals surface area contributed by atoms with Crippen LogP contribution in [0.25, 0.3) is 0 Å². The lowest BCUT2D eigenvalue weighted by molar-refractivity contribution is 0.0183. The third-order valence-corrected chi connectivity index (χ3v) is 3.40. The maximum atomic E-state index is 12.3. The Morgan fingerprint density at radius 3 is 2.38 bits per heavy atom. The van der Waals surface area contributed by atoms with E-state index in [9.17, 15) is 9.59 Å². The van der Waals surface area contributed by atoms with Gasteiger partial charge in [-0.15, -0.1) is 0 Å². The highest BCUT2D eigenvalue weighted by molar-refractivity contribution is 6.31. The van der Waals surface area contributed by atoms with Crippen LogP contribution in [-0.2, 0) is 20.8 Å². The first kappa shape index (κ1) is 20.3. The van der Waals surface area contributed by atoms with Gasteiger partial charge in [0.1, 0.15) is 5.60 Å². The first-order valence-electron chi connectivity index (χ1n) is 7.51. The molecule has 0 N–H and O–H groups in total. The first-order valence-corrected chi connectivity index (χ1v) is 7.89. The van der Waals surface area contributed by atoms with Gasteiger partial charge in [0.25, 0.3) is 0 Å². The molecule has 6 nitrogen and oxygen atoms in total. The molecule has 0 aromatic heterocycles. The normalized spacial score (nSPS) is 11.1. The molecule has 0 aliphatic carbocycles. The predicted molar refractivity (Wildman–Crippen MR) is 91.3 cm³/mol. The molecule has 1 rings (SSSR count). The van der Waals surface area contributed by atoms with Gasteiger partial charge >= 0.3 is 12.1 Å². The monoisotopic (exact) mass is 357 g/mol. The molecule has 1 aromatic rings. The zero-order valence-electron chi connectivity index (χ0n) is 14.7. The Morgan fingerprint density at radius 1 is 1.21 bits per heavy atom. The van der Waals surface area contributed by atoms with Gasteiger partial charge in [-0.2, -0.15) is 0 Å². The lowest BCUT2D eigenvalue weighted by Gasteiger charge is -2.27. The Bertz CT molecular complexity index is 583. The average molecular weight is 358 g/mol. The van der Waals surface area contributed by atoms with Gasteiger partial charge in [0.15, 0.2) is 0 Å². The molecule has 24 heavy (non-hydrogen) atoms. The van der Waals surface area contributed by atoms with Crippen LogP contribution in [-0.4, -0.2) is 49.9 Å². The van der Waals surface area contributed by atoms with Gasteiger partial charge < -0.3 is 19.1 Å². The minimum Gasteiger partial charge on any atom is -0.465 e. The minimum absolute atomic E-state index is 0.249. The van der Waals surface area contributed by atoms with Gasteiger partial charge in [-0.05, 0) is 38.5 Å². The van der Waals surface area contributed by atoms with E-state index in [4.69, 9.17) is 21.1 Å². The smallest absolute Gasteiger partial charge is 0.410 e. The van der Waals surface area contributed by atoms with E-state index in [1.165, 1.54) is 18.1 Å². The van der Waals surface area contributed by atoms with Crippen LogP contribution < -0.4 is 0 Å². The Hall–Kier alpha value is -1.79. The van der Waals surface area contributed by atoms with E-state index in [0.29, 0.717) is 29.3 Å². The standard InChI is InChI=1S/C17H24ClNO5/c1-17(2,3)24-16(21)19(8-9-22-4)11-13-7-6-12(10-14(13)18)15(20)23-5/h6-7,10H,8-9,11H2,1-5H3. The van der Waals surface area contributed by atoms with Gasteiger partial charge in [0.05, 0.1) is 25.8 Å². The van der Waals surface area contributed by atoms with E-state index in [-0.39, 0.29) is 6.54 Å². The molecule has 0 atom stereocenters. The van der Waals surface area contributed by atoms with Gasteiger partial charge in [0.2, 0.25) is 0 Å². The molecule has 134 valence electrons. The van der Waals surface area contributed by atoms with E-state index in [0.717, 1.165) is 0 Å². The molecule has 0 radical (unpaired) electrons. The Kier molecular flexibility index (Phi) is 7.51. The molecule has 0 spiro atoms. The summed E-state index contributed by atoms with van der Waals surface area (Å²) in [6.07, 6.45) is -0.451. The van der Waals surface area contributed by atoms with Crippen molar-refractivity contribution in [2.24, 2.45) is 0 Å². The summed E-state index contributed by atoms with van der Waals surface area (Å²) >= 11 is 6.23. The summed E-state index contributed by atoms with van der Waals surface area (Å²) in [6, 6.07) is 4.82. The summed E-state index contributed by atoms with van der Waals surface area (Å²) < 4.78 is 15.1. The zero-order chi connectivity index (χ0) is 18.3. The largest absolute Gasteiger partial charge is 0.465 e. The van der Waals surface area contributed by atoms with Gasteiger partial charge in [-0.3, -0.25) is 0 Å². The summed E-state index contributed by atoms with van der Waals surface area (Å²) in [5, 5.41) is 0.379. The number of hydrogen-bond donors (Lipinski definition) is 0. The highest BCUT2D eigenvalue weighted by Crippen LogP contribution is 2.21. The topological polar surface area (TPSA) is 65.1 Å². The SMILES string of the molecule is COCCN(Cc1ccc(C(=O)OC)cc1Cl)C(=O)OC(C)(C)C. The van der Waals surface area contributed by atoms with E-state index in [1.807, 2.05) is 0 Å². The molecule has 0 aliphatic heterocycles. The van der Waals surface area contributed by atoms with E-state index < -0.39 is 17.7 Å². The molecule has 1 amide bonds. The maximum Gasteiger partial charge on any atom is 0.410 e. The molecule has 1 aromatic carbocycles. The second-order valence-electron chi connectivity index (χ2n) is 6.19. The van der Waals surface area contributed by atoms with Crippen molar-refractivity contribution in [3.63, 3.8) is 0 Å². The van der Waals surface area contributed by atoms with Gasteiger partial charge in [0, 0.05) is 18.7 Å². The molecular formula is C17H24ClNO5. The summed E-state index contributed by atoms with van der Waals surface area (Å²) in [4.78, 5) is 25.4. The average Bonchev–Trinajstić information content (AvgIpc) is 2.50. The lowest BCUT2D eigenvalue weighted by atomic mass is 10.1. The van der Waals surface area contributed by atoms with Crippen LogP contribution in [0.2, 0.25) is 5.02 Å². The number of carbonyl (C=O) groups is 2. The second kappa shape index (κ2) is 8.89. The highest BCUT2D eigenvalue weighted by Gasteiger charge is 2.23. The molecule has 0 fully saturated rings. The molecule has 0 saturated heterocycles. The number of nitrogens with zero attached hydrogens (tertiary/aromatic N) is 1. The fourth-order valence-corrected chi connectivity index (χ4v) is 2.13. The number of carbonyl (C=O) groups excluding carboxylic acids is 2. The predicted octanol–water partition coefficient (Wildman–Crippen LogP) is 3.51. The van der Waals surface area contributed by atoms with Crippen molar-refractivity contribution < 1.29 is 23.8 Å². The number of methoxy groups -OCH3 is 2. The number of hydrogen-bond acceptors (Lipinski definition) is 5. The summed E-state index contributed by atoms with van der Waals surface area (Å²) in [6.45, 7) is 6.39. The summed E-state index contributed by atoms with van der Waals surface area (Å²) in [5.74, 6) is -0.466. The van der Waals surface area contributed by atoms with Crippen LogP contribution in [0.3, 0.4) is 0 Å². The maximum absolute atomic E-state index is 12.3. The molecule has 0 heterocycles. The van der Waals surface area contributed by atoms with Crippen molar-refractivity contribution >= 4 is 23.7 Å². The van der Waals surface area contributed by atoms with Crippen LogP contribution in [0.1, 0.15) is 36.7 Å². The van der Waals surface area contributed by atoms with Crippen molar-refractivity contribution in [1.82, 2.24) is 4.90 Å². The number of rotatable bonds is 6. The van der Waals surface area contributed by atoms with Crippen molar-refractivity contribution in [3.05, 3.63) is 34.3 Å². The van der Waals surface area contributed by atoms with Crippen LogP contribution in [0.15, 0.2) is 18.2 Å². The van der Waals surface area contributed by atoms with E-state index in [2.05, 4.69) is 4.74 Å². The Morgan fingerprint density at radius 2 is 1.88 bits per heavy atom. The molecule has 0 unspecified atom stereocenters. The fourth-order valence-electron chi connectivity index (χ4n) is 1.89. The first-order chi connectivity index (χ1) is 11.2. The van der Waals surface area contributed by atoms with Gasteiger partial charge in [-0.1, -0.05) is 17.7 Å². The highest BCUT2D eigenvalue weighted by atomic mass is 35.5. The Balaban J connectivity index is 2.93. The second-order valence-corrected chi connectivity index (χ2v) is 6.60. The number of ether oxygens (including phenoxy) is 3. The molecular weight excluding hydrogens is 334 g/mol. The lowest BCUT2D eigenvalue weighted by Crippen LogP contribution is -2.38. The zero-order valence-corrected chi connectivity index (χ0v) is 15.5. The number of halogens is 1. The summed E-state index contributed by atoms with van der Waals surface area (Å²) in [5.41, 5.74) is 0.458. The quantitative estimate of drug-likeness (QED) is 0.729.